The molecule has 8 nitrogen and oxygen atoms in total. The number of amides is 1. The van der Waals surface area contributed by atoms with E-state index in [2.05, 4.69) is 21.9 Å². The first-order valence-corrected chi connectivity index (χ1v) is 14.1. The standard InChI is InChI=1S/C30H39N3O5/c1-35-29-20-24(33-13-11-28(30(33)34)38-26-7-4-23(5-8-26)22-2-3-22)6-9-27(29)37-19-14-31-12-10-25(21-31)32-15-17-36-18-16-32/h4-9,20,22,25,28H,2-3,10-19,21H2,1H3/t25?,28-/m0/s1. The van der Waals surface area contributed by atoms with Crippen molar-refractivity contribution < 1.29 is 23.7 Å². The number of rotatable bonds is 10. The highest BCUT2D eigenvalue weighted by Gasteiger charge is 2.35. The fourth-order valence-electron chi connectivity index (χ4n) is 5.90. The smallest absolute Gasteiger partial charge is 0.268 e. The van der Waals surface area contributed by atoms with E-state index in [0.29, 0.717) is 43.0 Å². The largest absolute Gasteiger partial charge is 0.493 e. The van der Waals surface area contributed by atoms with E-state index in [1.54, 1.807) is 12.0 Å². The summed E-state index contributed by atoms with van der Waals surface area (Å²) in [5, 5.41) is 0. The van der Waals surface area contributed by atoms with Gasteiger partial charge in [0.1, 0.15) is 12.4 Å². The fraction of sp³-hybridized carbons (Fsp3) is 0.567. The molecule has 0 N–H and O–H groups in total. The fourth-order valence-corrected chi connectivity index (χ4v) is 5.90. The Morgan fingerprint density at radius 3 is 2.50 bits per heavy atom. The lowest BCUT2D eigenvalue weighted by molar-refractivity contribution is -0.122. The topological polar surface area (TPSA) is 63.7 Å². The van der Waals surface area contributed by atoms with Gasteiger partial charge in [0.05, 0.1) is 20.3 Å². The van der Waals surface area contributed by atoms with E-state index in [-0.39, 0.29) is 5.91 Å². The summed E-state index contributed by atoms with van der Waals surface area (Å²) >= 11 is 0. The van der Waals surface area contributed by atoms with E-state index in [1.807, 2.05) is 30.3 Å². The van der Waals surface area contributed by atoms with E-state index >= 15 is 0 Å². The number of ether oxygens (including phenoxy) is 4. The SMILES string of the molecule is COc1cc(N2CC[C@H](Oc3ccc(C4CC4)cc3)C2=O)ccc1OCCN1CCC(N2CCOCC2)C1. The minimum Gasteiger partial charge on any atom is -0.493 e. The molecule has 4 aliphatic rings. The Bertz CT molecular complexity index is 1100. The van der Waals surface area contributed by atoms with Crippen LogP contribution in [-0.4, -0.2) is 94.1 Å². The molecule has 1 unspecified atom stereocenters. The van der Waals surface area contributed by atoms with Gasteiger partial charge in [-0.25, -0.2) is 0 Å². The second-order valence-electron chi connectivity index (χ2n) is 10.8. The van der Waals surface area contributed by atoms with E-state index in [1.165, 1.54) is 24.8 Å². The second kappa shape index (κ2) is 11.5. The molecule has 6 rings (SSSR count). The number of carbonyl (C=O) groups excluding carboxylic acids is 1. The van der Waals surface area contributed by atoms with Crippen LogP contribution in [0.1, 0.15) is 37.2 Å². The van der Waals surface area contributed by atoms with Gasteiger partial charge in [-0.3, -0.25) is 14.6 Å². The maximum atomic E-state index is 13.2. The summed E-state index contributed by atoms with van der Waals surface area (Å²) in [4.78, 5) is 20.0. The van der Waals surface area contributed by atoms with E-state index in [9.17, 15) is 4.79 Å². The van der Waals surface area contributed by atoms with Crippen LogP contribution >= 0.6 is 0 Å². The minimum absolute atomic E-state index is 0.0177. The zero-order valence-electron chi connectivity index (χ0n) is 22.3. The third kappa shape index (κ3) is 5.77. The second-order valence-corrected chi connectivity index (χ2v) is 10.8. The van der Waals surface area contributed by atoms with Crippen LogP contribution in [0.4, 0.5) is 5.69 Å². The number of morpholine rings is 1. The van der Waals surface area contributed by atoms with E-state index < -0.39 is 6.10 Å². The third-order valence-corrected chi connectivity index (χ3v) is 8.30. The summed E-state index contributed by atoms with van der Waals surface area (Å²) in [6.45, 7) is 8.07. The zero-order valence-corrected chi connectivity index (χ0v) is 22.3. The van der Waals surface area contributed by atoms with Crippen LogP contribution in [0.2, 0.25) is 0 Å². The molecule has 0 spiro atoms. The van der Waals surface area contributed by atoms with Crippen molar-refractivity contribution in [2.24, 2.45) is 0 Å². The van der Waals surface area contributed by atoms with E-state index in [4.69, 9.17) is 18.9 Å². The van der Waals surface area contributed by atoms with Crippen LogP contribution in [0.15, 0.2) is 42.5 Å². The highest BCUT2D eigenvalue weighted by Crippen LogP contribution is 2.40. The molecule has 3 aliphatic heterocycles. The van der Waals surface area contributed by atoms with Crippen LogP contribution in [0.25, 0.3) is 0 Å². The molecule has 2 aromatic carbocycles. The van der Waals surface area contributed by atoms with Crippen molar-refractivity contribution >= 4 is 11.6 Å². The van der Waals surface area contributed by atoms with Crippen LogP contribution in [0, 0.1) is 0 Å². The summed E-state index contributed by atoms with van der Waals surface area (Å²) in [6.07, 6.45) is 3.95. The summed E-state index contributed by atoms with van der Waals surface area (Å²) < 4.78 is 23.3. The van der Waals surface area contributed by atoms with Crippen molar-refractivity contribution in [1.82, 2.24) is 9.80 Å². The Morgan fingerprint density at radius 2 is 1.74 bits per heavy atom. The molecule has 204 valence electrons. The molecule has 0 bridgehead atoms. The van der Waals surface area contributed by atoms with Gasteiger partial charge in [0.25, 0.3) is 5.91 Å². The Labute approximate surface area is 225 Å². The van der Waals surface area contributed by atoms with Gasteiger partial charge < -0.3 is 23.8 Å². The molecule has 4 fully saturated rings. The van der Waals surface area contributed by atoms with Crippen LogP contribution < -0.4 is 19.1 Å². The van der Waals surface area contributed by atoms with Crippen LogP contribution in [0.3, 0.4) is 0 Å². The summed E-state index contributed by atoms with van der Waals surface area (Å²) in [6, 6.07) is 14.6. The van der Waals surface area contributed by atoms with Gasteiger partial charge in [0.2, 0.25) is 0 Å². The molecule has 1 aliphatic carbocycles. The van der Waals surface area contributed by atoms with Crippen molar-refractivity contribution in [3.63, 3.8) is 0 Å². The van der Waals surface area contributed by atoms with Crippen molar-refractivity contribution in [1.29, 1.82) is 0 Å². The Kier molecular flexibility index (Phi) is 7.72. The average molecular weight is 522 g/mol. The lowest BCUT2D eigenvalue weighted by atomic mass is 10.1. The van der Waals surface area contributed by atoms with Gasteiger partial charge in [-0.1, -0.05) is 12.1 Å². The summed E-state index contributed by atoms with van der Waals surface area (Å²) in [7, 11) is 1.64. The van der Waals surface area contributed by atoms with Crippen molar-refractivity contribution in [2.45, 2.75) is 43.7 Å². The van der Waals surface area contributed by atoms with Crippen LogP contribution in [0.5, 0.6) is 17.2 Å². The normalized spacial score (nSPS) is 24.7. The summed E-state index contributed by atoms with van der Waals surface area (Å²) in [5.41, 5.74) is 2.17. The molecular weight excluding hydrogens is 482 g/mol. The zero-order chi connectivity index (χ0) is 25.9. The van der Waals surface area contributed by atoms with Crippen molar-refractivity contribution in [3.8, 4) is 17.2 Å². The molecular formula is C30H39N3O5. The molecule has 2 atom stereocenters. The molecule has 1 saturated carbocycles. The Hall–Kier alpha value is -2.81. The average Bonchev–Trinajstić information content (AvgIpc) is 3.60. The number of likely N-dealkylation sites (tertiary alicyclic amines) is 1. The first-order valence-electron chi connectivity index (χ1n) is 14.1. The number of hydrogen-bond donors (Lipinski definition) is 0. The molecule has 0 radical (unpaired) electrons. The first kappa shape index (κ1) is 25.5. The van der Waals surface area contributed by atoms with Gasteiger partial charge in [-0.05, 0) is 61.6 Å². The maximum Gasteiger partial charge on any atom is 0.268 e. The third-order valence-electron chi connectivity index (χ3n) is 8.30. The van der Waals surface area contributed by atoms with Gasteiger partial charge in [-0.15, -0.1) is 0 Å². The Balaban J connectivity index is 1.00. The predicted octanol–water partition coefficient (Wildman–Crippen LogP) is 3.54. The van der Waals surface area contributed by atoms with E-state index in [0.717, 1.165) is 57.4 Å². The molecule has 0 aromatic heterocycles. The number of nitrogens with zero attached hydrogens (tertiary/aromatic N) is 3. The number of benzene rings is 2. The lowest BCUT2D eigenvalue weighted by Gasteiger charge is -2.32. The monoisotopic (exact) mass is 521 g/mol. The highest BCUT2D eigenvalue weighted by atomic mass is 16.5. The summed E-state index contributed by atoms with van der Waals surface area (Å²) in [5.74, 6) is 2.79. The number of carbonyl (C=O) groups is 1. The molecule has 1 amide bonds. The Morgan fingerprint density at radius 1 is 0.921 bits per heavy atom. The maximum absolute atomic E-state index is 13.2. The quantitative estimate of drug-likeness (QED) is 0.474. The van der Waals surface area contributed by atoms with Crippen molar-refractivity contribution in [2.75, 3.05) is 71.1 Å². The van der Waals surface area contributed by atoms with Gasteiger partial charge in [-0.2, -0.15) is 0 Å². The molecule has 8 heteroatoms. The van der Waals surface area contributed by atoms with Gasteiger partial charge in [0.15, 0.2) is 17.6 Å². The van der Waals surface area contributed by atoms with Crippen LogP contribution in [-0.2, 0) is 9.53 Å². The number of methoxy groups -OCH3 is 1. The van der Waals surface area contributed by atoms with Gasteiger partial charge >= 0.3 is 0 Å². The minimum atomic E-state index is -0.467. The first-order chi connectivity index (χ1) is 18.7. The number of hydrogen-bond acceptors (Lipinski definition) is 7. The number of anilines is 1. The molecule has 2 aromatic rings. The lowest BCUT2D eigenvalue weighted by Crippen LogP contribution is -2.44. The van der Waals surface area contributed by atoms with Crippen molar-refractivity contribution in [3.05, 3.63) is 48.0 Å². The highest BCUT2D eigenvalue weighted by molar-refractivity contribution is 5.99. The molecule has 3 heterocycles. The molecule has 3 saturated heterocycles. The predicted molar refractivity (Wildman–Crippen MR) is 146 cm³/mol. The molecule has 38 heavy (non-hydrogen) atoms. The van der Waals surface area contributed by atoms with Gasteiger partial charge in [0, 0.05) is 56.9 Å².